The van der Waals surface area contributed by atoms with E-state index in [-0.39, 0.29) is 11.9 Å². The predicted molar refractivity (Wildman–Crippen MR) is 98.7 cm³/mol. The number of nitrogens with zero attached hydrogens (tertiary/aromatic N) is 2. The lowest BCUT2D eigenvalue weighted by molar-refractivity contribution is -0.128. The zero-order chi connectivity index (χ0) is 18.8. The number of allylic oxidation sites excluding steroid dienone is 1. The lowest BCUT2D eigenvalue weighted by Crippen LogP contribution is -2.48. The van der Waals surface area contributed by atoms with Gasteiger partial charge in [0, 0.05) is 30.2 Å². The average Bonchev–Trinajstić information content (AvgIpc) is 2.90. The highest BCUT2D eigenvalue weighted by Gasteiger charge is 2.34. The highest BCUT2D eigenvalue weighted by molar-refractivity contribution is 5.98. The first kappa shape index (κ1) is 17.1. The maximum absolute atomic E-state index is 13.4. The second kappa shape index (κ2) is 7.11. The van der Waals surface area contributed by atoms with E-state index in [9.17, 15) is 9.59 Å². The first-order valence-corrected chi connectivity index (χ1v) is 8.81. The molecule has 7 nitrogen and oxygen atoms in total. The van der Waals surface area contributed by atoms with Crippen LogP contribution in [-0.4, -0.2) is 35.0 Å². The predicted octanol–water partition coefficient (Wildman–Crippen LogP) is 2.13. The molecule has 0 fully saturated rings. The monoisotopic (exact) mass is 364 g/mol. The Bertz CT molecular complexity index is 910. The molecule has 0 spiro atoms. The molecule has 3 amide bonds. The number of benzene rings is 1. The molecule has 7 heteroatoms. The molecule has 0 unspecified atom stereocenters. The lowest BCUT2D eigenvalue weighted by atomic mass is 9.95. The molecule has 27 heavy (non-hydrogen) atoms. The lowest BCUT2D eigenvalue weighted by Gasteiger charge is -2.31. The topological polar surface area (TPSA) is 83.6 Å². The minimum Gasteiger partial charge on any atom is -0.491 e. The fraction of sp³-hybridized carbons (Fsp3) is 0.250. The number of fused-ring (bicyclic) bond motifs is 1. The number of ether oxygens (including phenoxy) is 1. The molecular formula is C20H20N4O3. The second-order valence-corrected chi connectivity index (χ2v) is 6.54. The summed E-state index contributed by atoms with van der Waals surface area (Å²) >= 11 is 0. The number of amides is 3. The second-order valence-electron chi connectivity index (χ2n) is 6.54. The summed E-state index contributed by atoms with van der Waals surface area (Å²) in [4.78, 5) is 31.3. The van der Waals surface area contributed by atoms with Crippen LogP contribution in [-0.2, 0) is 11.3 Å². The van der Waals surface area contributed by atoms with E-state index in [1.165, 1.54) is 0 Å². The quantitative estimate of drug-likeness (QED) is 0.855. The molecule has 1 aromatic carbocycles. The minimum atomic E-state index is -0.542. The number of nitrogens with one attached hydrogen (secondary N) is 2. The van der Waals surface area contributed by atoms with Crippen molar-refractivity contribution in [3.63, 3.8) is 0 Å². The fourth-order valence-electron chi connectivity index (χ4n) is 3.44. The van der Waals surface area contributed by atoms with Crippen molar-refractivity contribution in [1.82, 2.24) is 20.5 Å². The van der Waals surface area contributed by atoms with Crippen LogP contribution in [0, 0.1) is 0 Å². The summed E-state index contributed by atoms with van der Waals surface area (Å²) in [6.07, 6.45) is 3.32. The van der Waals surface area contributed by atoms with Crippen LogP contribution in [0.1, 0.15) is 24.1 Å². The van der Waals surface area contributed by atoms with Gasteiger partial charge >= 0.3 is 6.03 Å². The number of para-hydroxylation sites is 1. The molecule has 0 saturated carbocycles. The molecule has 0 aliphatic carbocycles. The third-order valence-electron chi connectivity index (χ3n) is 4.76. The van der Waals surface area contributed by atoms with Crippen molar-refractivity contribution in [3.05, 3.63) is 71.2 Å². The van der Waals surface area contributed by atoms with E-state index in [0.29, 0.717) is 31.0 Å². The molecule has 0 bridgehead atoms. The number of pyridine rings is 1. The molecule has 0 saturated heterocycles. The first-order chi connectivity index (χ1) is 13.1. The molecule has 138 valence electrons. The van der Waals surface area contributed by atoms with E-state index in [1.54, 1.807) is 30.3 Å². The Morgan fingerprint density at radius 2 is 2.11 bits per heavy atom. The Morgan fingerprint density at radius 3 is 2.93 bits per heavy atom. The molecule has 2 aromatic rings. The van der Waals surface area contributed by atoms with Gasteiger partial charge in [-0.3, -0.25) is 9.78 Å². The molecule has 2 aliphatic rings. The van der Waals surface area contributed by atoms with Crippen molar-refractivity contribution in [2.75, 3.05) is 13.2 Å². The van der Waals surface area contributed by atoms with Gasteiger partial charge in [-0.15, -0.1) is 0 Å². The standard InChI is InChI=1S/C20H20N4O3/c1-13-17(18(23-20(26)22-13)14-6-4-8-21-11-14)19(25)24-9-10-27-16-7-3-2-5-15(16)12-24/h2-8,11,18H,9-10,12H2,1H3,(H2,22,23,26)/t18-/m1/s1. The summed E-state index contributed by atoms with van der Waals surface area (Å²) in [5.41, 5.74) is 2.80. The highest BCUT2D eigenvalue weighted by Crippen LogP contribution is 2.30. The number of hydrogen-bond acceptors (Lipinski definition) is 4. The largest absolute Gasteiger partial charge is 0.491 e. The fourth-order valence-corrected chi connectivity index (χ4v) is 3.44. The van der Waals surface area contributed by atoms with E-state index in [4.69, 9.17) is 4.74 Å². The number of carbonyl (C=O) groups is 2. The van der Waals surface area contributed by atoms with Gasteiger partial charge in [0.05, 0.1) is 18.2 Å². The van der Waals surface area contributed by atoms with Crippen LogP contribution >= 0.6 is 0 Å². The normalized spacial score (nSPS) is 19.4. The SMILES string of the molecule is CC1=C(C(=O)N2CCOc3ccccc3C2)[C@@H](c2cccnc2)NC(=O)N1. The Hall–Kier alpha value is -3.35. The summed E-state index contributed by atoms with van der Waals surface area (Å²) in [6, 6.07) is 10.5. The summed E-state index contributed by atoms with van der Waals surface area (Å²) < 4.78 is 5.77. The summed E-state index contributed by atoms with van der Waals surface area (Å²) in [5, 5.41) is 5.56. The molecule has 4 rings (SSSR count). The van der Waals surface area contributed by atoms with Gasteiger partial charge < -0.3 is 20.3 Å². The van der Waals surface area contributed by atoms with Crippen LogP contribution < -0.4 is 15.4 Å². The zero-order valence-corrected chi connectivity index (χ0v) is 14.9. The molecule has 2 N–H and O–H groups in total. The van der Waals surface area contributed by atoms with Crippen molar-refractivity contribution >= 4 is 11.9 Å². The van der Waals surface area contributed by atoms with Gasteiger partial charge in [0.1, 0.15) is 12.4 Å². The summed E-state index contributed by atoms with van der Waals surface area (Å²) in [7, 11) is 0. The van der Waals surface area contributed by atoms with Crippen LogP contribution in [0.15, 0.2) is 60.1 Å². The third kappa shape index (κ3) is 3.36. The van der Waals surface area contributed by atoms with Crippen molar-refractivity contribution in [1.29, 1.82) is 0 Å². The van der Waals surface area contributed by atoms with Gasteiger partial charge in [-0.05, 0) is 24.6 Å². The molecule has 2 aliphatic heterocycles. The van der Waals surface area contributed by atoms with Crippen LogP contribution in [0.2, 0.25) is 0 Å². The molecule has 1 aromatic heterocycles. The van der Waals surface area contributed by atoms with Crippen molar-refractivity contribution in [2.24, 2.45) is 0 Å². The van der Waals surface area contributed by atoms with E-state index in [2.05, 4.69) is 15.6 Å². The maximum Gasteiger partial charge on any atom is 0.319 e. The number of urea groups is 1. The van der Waals surface area contributed by atoms with E-state index in [0.717, 1.165) is 16.9 Å². The van der Waals surface area contributed by atoms with Crippen molar-refractivity contribution in [2.45, 2.75) is 19.5 Å². The highest BCUT2D eigenvalue weighted by atomic mass is 16.5. The number of carbonyl (C=O) groups excluding carboxylic acids is 2. The molecule has 3 heterocycles. The van der Waals surface area contributed by atoms with E-state index < -0.39 is 6.04 Å². The smallest absolute Gasteiger partial charge is 0.319 e. The van der Waals surface area contributed by atoms with Crippen LogP contribution in [0.5, 0.6) is 5.75 Å². The van der Waals surface area contributed by atoms with Gasteiger partial charge in [0.15, 0.2) is 0 Å². The number of rotatable bonds is 2. The third-order valence-corrected chi connectivity index (χ3v) is 4.76. The summed E-state index contributed by atoms with van der Waals surface area (Å²) in [5.74, 6) is 0.673. The maximum atomic E-state index is 13.4. The van der Waals surface area contributed by atoms with Crippen LogP contribution in [0.3, 0.4) is 0 Å². The van der Waals surface area contributed by atoms with Crippen LogP contribution in [0.25, 0.3) is 0 Å². The van der Waals surface area contributed by atoms with Gasteiger partial charge in [0.25, 0.3) is 5.91 Å². The Kier molecular flexibility index (Phi) is 4.50. The van der Waals surface area contributed by atoms with Gasteiger partial charge in [0.2, 0.25) is 0 Å². The minimum absolute atomic E-state index is 0.130. The Labute approximate surface area is 157 Å². The zero-order valence-electron chi connectivity index (χ0n) is 14.9. The van der Waals surface area contributed by atoms with E-state index in [1.807, 2.05) is 30.3 Å². The van der Waals surface area contributed by atoms with Gasteiger partial charge in [-0.25, -0.2) is 4.79 Å². The van der Waals surface area contributed by atoms with Crippen LogP contribution in [0.4, 0.5) is 4.79 Å². The number of hydrogen-bond donors (Lipinski definition) is 2. The molecule has 1 atom stereocenters. The van der Waals surface area contributed by atoms with E-state index >= 15 is 0 Å². The Balaban J connectivity index is 1.68. The summed E-state index contributed by atoms with van der Waals surface area (Å²) in [6.45, 7) is 3.10. The molecular weight excluding hydrogens is 344 g/mol. The number of aromatic nitrogens is 1. The van der Waals surface area contributed by atoms with Crippen molar-refractivity contribution in [3.8, 4) is 5.75 Å². The Morgan fingerprint density at radius 1 is 1.26 bits per heavy atom. The van der Waals surface area contributed by atoms with Gasteiger partial charge in [-0.2, -0.15) is 0 Å². The average molecular weight is 364 g/mol. The van der Waals surface area contributed by atoms with Gasteiger partial charge in [-0.1, -0.05) is 24.3 Å². The first-order valence-electron chi connectivity index (χ1n) is 8.81. The molecule has 0 radical (unpaired) electrons. The van der Waals surface area contributed by atoms with Crippen molar-refractivity contribution < 1.29 is 14.3 Å².